The molecule has 2 aromatic carbocycles. The third-order valence-electron chi connectivity index (χ3n) is 4.27. The summed E-state index contributed by atoms with van der Waals surface area (Å²) >= 11 is 1.35. The number of nitrogens with zero attached hydrogens (tertiary/aromatic N) is 3. The van der Waals surface area contributed by atoms with Gasteiger partial charge in [0.25, 0.3) is 5.91 Å². The van der Waals surface area contributed by atoms with Gasteiger partial charge in [-0.3, -0.25) is 9.69 Å². The summed E-state index contributed by atoms with van der Waals surface area (Å²) in [5, 5.41) is 0.438. The van der Waals surface area contributed by atoms with E-state index < -0.39 is 23.1 Å². The summed E-state index contributed by atoms with van der Waals surface area (Å²) in [6, 6.07) is 9.36. The molecular weight excluding hydrogens is 368 g/mol. The maximum Gasteiger partial charge on any atom is 0.266 e. The van der Waals surface area contributed by atoms with E-state index in [1.807, 2.05) is 37.2 Å². The SMILES string of the molecule is CCc1ccc2nc(N(CCN(C)C)C(=O)c3c(F)cccc3F)sc2c1. The number of benzene rings is 2. The lowest BCUT2D eigenvalue weighted by molar-refractivity contribution is 0.0977. The number of anilines is 1. The number of halogens is 2. The van der Waals surface area contributed by atoms with Crippen molar-refractivity contribution in [1.82, 2.24) is 9.88 Å². The number of aromatic nitrogens is 1. The van der Waals surface area contributed by atoms with Gasteiger partial charge in [-0.15, -0.1) is 0 Å². The van der Waals surface area contributed by atoms with E-state index in [-0.39, 0.29) is 6.54 Å². The summed E-state index contributed by atoms with van der Waals surface area (Å²) in [6.07, 6.45) is 0.896. The second kappa shape index (κ2) is 8.10. The van der Waals surface area contributed by atoms with E-state index in [1.54, 1.807) is 0 Å². The molecular formula is C20H21F2N3OS. The van der Waals surface area contributed by atoms with Crippen LogP contribution in [-0.2, 0) is 6.42 Å². The molecule has 7 heteroatoms. The Bertz CT molecular complexity index is 951. The molecule has 0 aliphatic carbocycles. The molecule has 3 rings (SSSR count). The van der Waals surface area contributed by atoms with Crippen LogP contribution in [0.3, 0.4) is 0 Å². The molecule has 0 aliphatic rings. The minimum absolute atomic E-state index is 0.278. The van der Waals surface area contributed by atoms with Crippen molar-refractivity contribution < 1.29 is 13.6 Å². The van der Waals surface area contributed by atoms with Crippen molar-refractivity contribution in [2.24, 2.45) is 0 Å². The topological polar surface area (TPSA) is 36.4 Å². The van der Waals surface area contributed by atoms with Crippen LogP contribution in [0.5, 0.6) is 0 Å². The van der Waals surface area contributed by atoms with Crippen LogP contribution in [0.25, 0.3) is 10.2 Å². The summed E-state index contributed by atoms with van der Waals surface area (Å²) in [5.41, 5.74) is 1.39. The average molecular weight is 389 g/mol. The molecule has 1 amide bonds. The van der Waals surface area contributed by atoms with E-state index in [0.29, 0.717) is 11.7 Å². The van der Waals surface area contributed by atoms with Crippen LogP contribution >= 0.6 is 11.3 Å². The first-order valence-electron chi connectivity index (χ1n) is 8.70. The Balaban J connectivity index is 2.04. The van der Waals surface area contributed by atoms with E-state index in [1.165, 1.54) is 27.9 Å². The molecule has 4 nitrogen and oxygen atoms in total. The normalized spacial score (nSPS) is 11.3. The minimum Gasteiger partial charge on any atom is -0.308 e. The average Bonchev–Trinajstić information content (AvgIpc) is 3.04. The molecule has 27 heavy (non-hydrogen) atoms. The summed E-state index contributed by atoms with van der Waals surface area (Å²) in [6.45, 7) is 2.88. The van der Waals surface area contributed by atoms with Gasteiger partial charge in [-0.25, -0.2) is 13.8 Å². The summed E-state index contributed by atoms with van der Waals surface area (Å²) in [5.74, 6) is -2.46. The maximum absolute atomic E-state index is 14.2. The highest BCUT2D eigenvalue weighted by Gasteiger charge is 2.26. The summed E-state index contributed by atoms with van der Waals surface area (Å²) in [7, 11) is 3.75. The zero-order chi connectivity index (χ0) is 19.6. The second-order valence-corrected chi connectivity index (χ2v) is 7.52. The summed E-state index contributed by atoms with van der Waals surface area (Å²) in [4.78, 5) is 20.8. The Kier molecular flexibility index (Phi) is 5.82. The number of likely N-dealkylation sites (N-methyl/N-ethyl adjacent to an activating group) is 1. The molecule has 0 N–H and O–H groups in total. The first kappa shape index (κ1) is 19.4. The predicted molar refractivity (Wildman–Crippen MR) is 106 cm³/mol. The van der Waals surface area contributed by atoms with Crippen LogP contribution in [0, 0.1) is 11.6 Å². The molecule has 0 saturated carbocycles. The number of fused-ring (bicyclic) bond motifs is 1. The lowest BCUT2D eigenvalue weighted by atomic mass is 10.1. The van der Waals surface area contributed by atoms with Gasteiger partial charge < -0.3 is 4.90 Å². The van der Waals surface area contributed by atoms with E-state index in [9.17, 15) is 13.6 Å². The zero-order valence-electron chi connectivity index (χ0n) is 15.5. The van der Waals surface area contributed by atoms with Gasteiger partial charge in [0.2, 0.25) is 0 Å². The molecule has 1 aromatic heterocycles. The van der Waals surface area contributed by atoms with E-state index in [4.69, 9.17) is 0 Å². The number of carbonyl (C=O) groups excluding carboxylic acids is 1. The molecule has 0 fully saturated rings. The Morgan fingerprint density at radius 3 is 2.44 bits per heavy atom. The number of rotatable bonds is 6. The molecule has 0 spiro atoms. The fraction of sp³-hybridized carbons (Fsp3) is 0.300. The molecule has 0 bridgehead atoms. The van der Waals surface area contributed by atoms with Crippen molar-refractivity contribution in [2.75, 3.05) is 32.1 Å². The van der Waals surface area contributed by atoms with Gasteiger partial charge in [0, 0.05) is 13.1 Å². The van der Waals surface area contributed by atoms with E-state index in [0.717, 1.165) is 28.8 Å². The van der Waals surface area contributed by atoms with Crippen LogP contribution in [0.1, 0.15) is 22.8 Å². The number of hydrogen-bond donors (Lipinski definition) is 0. The van der Waals surface area contributed by atoms with Gasteiger partial charge in [-0.2, -0.15) is 0 Å². The monoisotopic (exact) mass is 389 g/mol. The molecule has 0 saturated heterocycles. The molecule has 142 valence electrons. The van der Waals surface area contributed by atoms with E-state index >= 15 is 0 Å². The lowest BCUT2D eigenvalue weighted by Gasteiger charge is -2.22. The molecule has 0 aliphatic heterocycles. The summed E-state index contributed by atoms with van der Waals surface area (Å²) < 4.78 is 29.3. The lowest BCUT2D eigenvalue weighted by Crippen LogP contribution is -2.37. The quantitative estimate of drug-likeness (QED) is 0.629. The highest BCUT2D eigenvalue weighted by molar-refractivity contribution is 7.22. The van der Waals surface area contributed by atoms with Crippen LogP contribution in [0.15, 0.2) is 36.4 Å². The van der Waals surface area contributed by atoms with Crippen molar-refractivity contribution in [1.29, 1.82) is 0 Å². The molecule has 0 unspecified atom stereocenters. The highest BCUT2D eigenvalue weighted by atomic mass is 32.1. The van der Waals surface area contributed by atoms with Crippen molar-refractivity contribution >= 4 is 32.6 Å². The third-order valence-corrected chi connectivity index (χ3v) is 5.31. The van der Waals surface area contributed by atoms with Gasteiger partial charge in [-0.1, -0.05) is 30.4 Å². The number of carbonyl (C=O) groups is 1. The van der Waals surface area contributed by atoms with Crippen molar-refractivity contribution in [3.05, 3.63) is 59.2 Å². The number of aryl methyl sites for hydroxylation is 1. The Labute approximate surface area is 161 Å². The number of hydrogen-bond acceptors (Lipinski definition) is 4. The maximum atomic E-state index is 14.2. The Morgan fingerprint density at radius 1 is 1.11 bits per heavy atom. The second-order valence-electron chi connectivity index (χ2n) is 6.51. The van der Waals surface area contributed by atoms with Crippen molar-refractivity contribution in [2.45, 2.75) is 13.3 Å². The fourth-order valence-electron chi connectivity index (χ4n) is 2.71. The highest BCUT2D eigenvalue weighted by Crippen LogP contribution is 2.31. The van der Waals surface area contributed by atoms with Crippen molar-refractivity contribution in [3.8, 4) is 0 Å². The fourth-order valence-corrected chi connectivity index (χ4v) is 3.77. The third kappa shape index (κ3) is 4.14. The first-order chi connectivity index (χ1) is 12.9. The number of thiazole rings is 1. The molecule has 3 aromatic rings. The van der Waals surface area contributed by atoms with Crippen LogP contribution in [0.2, 0.25) is 0 Å². The van der Waals surface area contributed by atoms with Crippen LogP contribution < -0.4 is 4.90 Å². The predicted octanol–water partition coefficient (Wildman–Crippen LogP) is 4.35. The van der Waals surface area contributed by atoms with E-state index in [2.05, 4.69) is 11.9 Å². The van der Waals surface area contributed by atoms with Gasteiger partial charge >= 0.3 is 0 Å². The first-order valence-corrected chi connectivity index (χ1v) is 9.52. The Morgan fingerprint density at radius 2 is 1.81 bits per heavy atom. The standard InChI is InChI=1S/C20H21F2N3OS/c1-4-13-8-9-16-17(12-13)27-20(23-16)25(11-10-24(2)3)19(26)18-14(21)6-5-7-15(18)22/h5-9,12H,4,10-11H2,1-3H3. The molecule has 0 radical (unpaired) electrons. The zero-order valence-corrected chi connectivity index (χ0v) is 16.3. The molecule has 1 heterocycles. The van der Waals surface area contributed by atoms with Crippen LogP contribution in [-0.4, -0.2) is 43.0 Å². The van der Waals surface area contributed by atoms with Gasteiger partial charge in [0.15, 0.2) is 5.13 Å². The largest absolute Gasteiger partial charge is 0.308 e. The van der Waals surface area contributed by atoms with Gasteiger partial charge in [0.1, 0.15) is 17.2 Å². The van der Waals surface area contributed by atoms with Gasteiger partial charge in [0.05, 0.1) is 10.2 Å². The minimum atomic E-state index is -0.871. The van der Waals surface area contributed by atoms with Crippen molar-refractivity contribution in [3.63, 3.8) is 0 Å². The van der Waals surface area contributed by atoms with Gasteiger partial charge in [-0.05, 0) is 50.3 Å². The molecule has 0 atom stereocenters. The smallest absolute Gasteiger partial charge is 0.266 e. The van der Waals surface area contributed by atoms with Crippen LogP contribution in [0.4, 0.5) is 13.9 Å². The Hall–Kier alpha value is -2.38. The number of amides is 1.